The monoisotopic (exact) mass is 403 g/mol. The van der Waals surface area contributed by atoms with Crippen molar-refractivity contribution in [1.82, 2.24) is 9.62 Å². The van der Waals surface area contributed by atoms with Crippen LogP contribution in [0.1, 0.15) is 54.9 Å². The van der Waals surface area contributed by atoms with E-state index in [0.29, 0.717) is 19.1 Å². The molecule has 0 aromatic heterocycles. The zero-order valence-electron chi connectivity index (χ0n) is 16.5. The largest absolute Gasteiger partial charge is 0.332 e. The van der Waals surface area contributed by atoms with Gasteiger partial charge < -0.3 is 5.32 Å². The zero-order valence-corrected chi connectivity index (χ0v) is 17.3. The summed E-state index contributed by atoms with van der Waals surface area (Å²) in [5.74, 6) is 0.749. The van der Waals surface area contributed by atoms with Gasteiger partial charge in [0.25, 0.3) is 0 Å². The summed E-state index contributed by atoms with van der Waals surface area (Å²) in [6, 6.07) is 2.23. The Morgan fingerprint density at radius 1 is 1.04 bits per heavy atom. The molecule has 0 atom stereocenters. The maximum atomic E-state index is 12.6. The third-order valence-electron chi connectivity index (χ3n) is 7.13. The van der Waals surface area contributed by atoms with Crippen LogP contribution in [0.4, 0.5) is 10.5 Å². The number of hydrogen-bond donors (Lipinski definition) is 2. The third kappa shape index (κ3) is 3.12. The minimum absolute atomic E-state index is 0.485. The number of nitrogens with zero attached hydrogens (tertiary/aromatic N) is 1. The number of aryl methyl sites for hydroxylation is 2. The predicted octanol–water partition coefficient (Wildman–Crippen LogP) is 2.60. The number of likely N-dealkylation sites (tertiary alicyclic amines) is 1. The van der Waals surface area contributed by atoms with Crippen molar-refractivity contribution >= 4 is 21.7 Å². The van der Waals surface area contributed by atoms with Crippen molar-refractivity contribution in [2.75, 3.05) is 18.4 Å². The summed E-state index contributed by atoms with van der Waals surface area (Å²) in [7, 11) is -3.64. The Hall–Kier alpha value is -1.60. The van der Waals surface area contributed by atoms with Crippen LogP contribution >= 0.6 is 0 Å². The molecular weight excluding hydrogens is 374 g/mol. The Morgan fingerprint density at radius 2 is 1.64 bits per heavy atom. The van der Waals surface area contributed by atoms with Crippen LogP contribution in [0, 0.1) is 5.92 Å². The highest BCUT2D eigenvalue weighted by atomic mass is 32.2. The first-order valence-corrected chi connectivity index (χ1v) is 12.2. The molecule has 0 radical (unpaired) electrons. The molecule has 4 aliphatic rings. The molecule has 3 aliphatic carbocycles. The molecule has 28 heavy (non-hydrogen) atoms. The van der Waals surface area contributed by atoms with Gasteiger partial charge in [-0.1, -0.05) is 13.0 Å². The van der Waals surface area contributed by atoms with Gasteiger partial charge in [0.15, 0.2) is 0 Å². The minimum Gasteiger partial charge on any atom is -0.307 e. The van der Waals surface area contributed by atoms with Crippen molar-refractivity contribution in [3.63, 3.8) is 0 Å². The van der Waals surface area contributed by atoms with Crippen molar-refractivity contribution in [3.05, 3.63) is 28.3 Å². The van der Waals surface area contributed by atoms with E-state index in [1.165, 1.54) is 22.3 Å². The first kappa shape index (κ1) is 18.4. The molecule has 1 saturated carbocycles. The number of amides is 2. The van der Waals surface area contributed by atoms with Crippen LogP contribution in [0.25, 0.3) is 0 Å². The normalized spacial score (nSPS) is 26.9. The predicted molar refractivity (Wildman–Crippen MR) is 109 cm³/mol. The first-order valence-electron chi connectivity index (χ1n) is 10.6. The number of anilines is 1. The Kier molecular flexibility index (Phi) is 4.43. The second-order valence-electron chi connectivity index (χ2n) is 9.14. The van der Waals surface area contributed by atoms with Crippen LogP contribution in [0.5, 0.6) is 0 Å². The first-order chi connectivity index (χ1) is 13.4. The Balaban J connectivity index is 1.25. The fourth-order valence-electron chi connectivity index (χ4n) is 5.44. The number of sulfonamides is 1. The highest BCUT2D eigenvalue weighted by Gasteiger charge is 2.44. The second-order valence-corrected chi connectivity index (χ2v) is 11.1. The van der Waals surface area contributed by atoms with Gasteiger partial charge in [0, 0.05) is 24.8 Å². The van der Waals surface area contributed by atoms with Gasteiger partial charge in [-0.2, -0.15) is 0 Å². The third-order valence-corrected chi connectivity index (χ3v) is 8.77. The standard InChI is InChI=1S/C21H29N3O3S/c1-13-8-16(9-13)24-11-17(12-24)28(26,27)23-21(25)22-20-18-6-2-4-14(18)10-15-5-3-7-19(15)20/h10,13,16-17H,2-9,11-12H2,1H3,(H2,22,23,25). The van der Waals surface area contributed by atoms with Crippen molar-refractivity contribution in [2.45, 2.75) is 69.6 Å². The van der Waals surface area contributed by atoms with Gasteiger partial charge in [-0.05, 0) is 79.5 Å². The van der Waals surface area contributed by atoms with Gasteiger partial charge in [-0.25, -0.2) is 17.9 Å². The lowest BCUT2D eigenvalue weighted by Crippen LogP contribution is -2.63. The van der Waals surface area contributed by atoms with Crippen LogP contribution in [-0.4, -0.2) is 43.7 Å². The lowest BCUT2D eigenvalue weighted by atomic mass is 9.79. The summed E-state index contributed by atoms with van der Waals surface area (Å²) >= 11 is 0. The molecule has 6 nitrogen and oxygen atoms in total. The van der Waals surface area contributed by atoms with E-state index in [4.69, 9.17) is 0 Å². The van der Waals surface area contributed by atoms with Crippen molar-refractivity contribution in [2.24, 2.45) is 5.92 Å². The van der Waals surface area contributed by atoms with Crippen LogP contribution in [-0.2, 0) is 35.7 Å². The highest BCUT2D eigenvalue weighted by molar-refractivity contribution is 7.90. The molecule has 0 spiro atoms. The molecule has 152 valence electrons. The number of benzene rings is 1. The molecule has 2 fully saturated rings. The Bertz CT molecular complexity index is 883. The number of hydrogen-bond acceptors (Lipinski definition) is 4. The average molecular weight is 404 g/mol. The molecule has 1 aromatic carbocycles. The van der Waals surface area contributed by atoms with E-state index in [1.807, 2.05) is 0 Å². The number of nitrogens with one attached hydrogen (secondary N) is 2. The topological polar surface area (TPSA) is 78.5 Å². The quantitative estimate of drug-likeness (QED) is 0.810. The summed E-state index contributed by atoms with van der Waals surface area (Å²) < 4.78 is 27.5. The molecule has 2 N–H and O–H groups in total. The highest BCUT2D eigenvalue weighted by Crippen LogP contribution is 2.39. The number of urea groups is 1. The van der Waals surface area contributed by atoms with Crippen molar-refractivity contribution < 1.29 is 13.2 Å². The summed E-state index contributed by atoms with van der Waals surface area (Å²) in [6.45, 7) is 3.31. The SMILES string of the molecule is CC1CC(N2CC(S(=O)(=O)NC(=O)Nc3c4c(cc5c3CCC5)CCC4)C2)C1. The lowest BCUT2D eigenvalue weighted by Gasteiger charge is -2.49. The molecule has 5 rings (SSSR count). The molecule has 1 heterocycles. The molecule has 0 unspecified atom stereocenters. The molecule has 2 amide bonds. The second kappa shape index (κ2) is 6.73. The van der Waals surface area contributed by atoms with Crippen LogP contribution in [0.2, 0.25) is 0 Å². The smallest absolute Gasteiger partial charge is 0.307 e. The fourth-order valence-corrected chi connectivity index (χ4v) is 6.69. The molecule has 1 aromatic rings. The van der Waals surface area contributed by atoms with Gasteiger partial charge in [-0.3, -0.25) is 4.90 Å². The van der Waals surface area contributed by atoms with Crippen LogP contribution in [0.15, 0.2) is 6.07 Å². The maximum Gasteiger partial charge on any atom is 0.332 e. The minimum atomic E-state index is -3.64. The molecule has 1 saturated heterocycles. The summed E-state index contributed by atoms with van der Waals surface area (Å²) in [5, 5.41) is 2.44. The molecule has 0 bridgehead atoms. The van der Waals surface area contributed by atoms with E-state index in [-0.39, 0.29) is 0 Å². The molecule has 1 aliphatic heterocycles. The summed E-state index contributed by atoms with van der Waals surface area (Å²) in [5.41, 5.74) is 5.95. The molecule has 7 heteroatoms. The Labute approximate surface area is 167 Å². The average Bonchev–Trinajstić information content (AvgIpc) is 3.19. The van der Waals surface area contributed by atoms with Crippen LogP contribution < -0.4 is 10.0 Å². The summed E-state index contributed by atoms with van der Waals surface area (Å²) in [6.07, 6.45) is 8.54. The number of carbonyl (C=O) groups is 1. The summed E-state index contributed by atoms with van der Waals surface area (Å²) in [4.78, 5) is 14.8. The van der Waals surface area contributed by atoms with E-state index in [9.17, 15) is 13.2 Å². The number of fused-ring (bicyclic) bond motifs is 2. The van der Waals surface area contributed by atoms with Crippen LogP contribution in [0.3, 0.4) is 0 Å². The van der Waals surface area contributed by atoms with E-state index >= 15 is 0 Å². The van der Waals surface area contributed by atoms with E-state index < -0.39 is 21.3 Å². The van der Waals surface area contributed by atoms with E-state index in [0.717, 1.165) is 63.0 Å². The maximum absolute atomic E-state index is 12.6. The molecular formula is C21H29N3O3S. The van der Waals surface area contributed by atoms with E-state index in [1.54, 1.807) is 0 Å². The van der Waals surface area contributed by atoms with Gasteiger partial charge in [0.2, 0.25) is 10.0 Å². The van der Waals surface area contributed by atoms with Gasteiger partial charge in [-0.15, -0.1) is 0 Å². The van der Waals surface area contributed by atoms with Gasteiger partial charge >= 0.3 is 6.03 Å². The van der Waals surface area contributed by atoms with E-state index in [2.05, 4.69) is 27.9 Å². The lowest BCUT2D eigenvalue weighted by molar-refractivity contribution is 0.0401. The van der Waals surface area contributed by atoms with Crippen molar-refractivity contribution in [3.8, 4) is 0 Å². The van der Waals surface area contributed by atoms with Crippen molar-refractivity contribution in [1.29, 1.82) is 0 Å². The Morgan fingerprint density at radius 3 is 2.21 bits per heavy atom. The zero-order chi connectivity index (χ0) is 19.5. The number of carbonyl (C=O) groups excluding carboxylic acids is 1. The van der Waals surface area contributed by atoms with Gasteiger partial charge in [0.05, 0.1) is 0 Å². The fraction of sp³-hybridized carbons (Fsp3) is 0.667. The number of rotatable bonds is 4. The van der Waals surface area contributed by atoms with Gasteiger partial charge in [0.1, 0.15) is 5.25 Å².